The number of fused-ring (bicyclic) bond motifs is 1. The lowest BCUT2D eigenvalue weighted by Gasteiger charge is -2.03. The van der Waals surface area contributed by atoms with Gasteiger partial charge in [0.2, 0.25) is 0 Å². The van der Waals surface area contributed by atoms with Gasteiger partial charge in [-0.2, -0.15) is 5.10 Å². The van der Waals surface area contributed by atoms with Gasteiger partial charge in [0.25, 0.3) is 0 Å². The van der Waals surface area contributed by atoms with Crippen LogP contribution in [0.5, 0.6) is 0 Å². The summed E-state index contributed by atoms with van der Waals surface area (Å²) in [4.78, 5) is 4.39. The molecule has 90 valence electrons. The zero-order valence-corrected chi connectivity index (χ0v) is 11.6. The second-order valence-corrected chi connectivity index (χ2v) is 4.85. The number of hydrogen-bond donors (Lipinski definition) is 0. The molecule has 0 aliphatic heterocycles. The number of hydrogen-bond acceptors (Lipinski definition) is 2. The number of nitrogens with zero attached hydrogens (tertiary/aromatic N) is 3. The Kier molecular flexibility index (Phi) is 2.88. The Bertz CT molecular complexity index is 686. The van der Waals surface area contributed by atoms with Crippen LogP contribution in [0.4, 0.5) is 0 Å². The molecule has 0 saturated heterocycles. The van der Waals surface area contributed by atoms with Gasteiger partial charge >= 0.3 is 0 Å². The average Bonchev–Trinajstić information content (AvgIpc) is 2.77. The molecule has 2 heterocycles. The minimum Gasteiger partial charge on any atom is -0.236 e. The van der Waals surface area contributed by atoms with Gasteiger partial charge in [0.1, 0.15) is 4.60 Å². The van der Waals surface area contributed by atoms with Crippen molar-refractivity contribution in [3.63, 3.8) is 0 Å². The molecule has 2 aromatic heterocycles. The number of pyridine rings is 1. The van der Waals surface area contributed by atoms with Crippen LogP contribution >= 0.6 is 15.9 Å². The topological polar surface area (TPSA) is 30.7 Å². The quantitative estimate of drug-likeness (QED) is 0.722. The summed E-state index contributed by atoms with van der Waals surface area (Å²) in [6.45, 7) is 2.15. The molecule has 3 nitrogen and oxygen atoms in total. The fourth-order valence-electron chi connectivity index (χ4n) is 1.97. The van der Waals surface area contributed by atoms with Crippen molar-refractivity contribution in [3.05, 3.63) is 52.8 Å². The molecule has 0 atom stereocenters. The van der Waals surface area contributed by atoms with E-state index in [1.807, 2.05) is 16.8 Å². The van der Waals surface area contributed by atoms with E-state index in [-0.39, 0.29) is 0 Å². The first-order valence-electron chi connectivity index (χ1n) is 5.88. The fraction of sp³-hybridized carbons (Fsp3) is 0.143. The third-order valence-corrected chi connectivity index (χ3v) is 3.57. The molecule has 3 rings (SSSR count). The fourth-order valence-corrected chi connectivity index (χ4v) is 2.44. The molecular weight excluding hydrogens is 290 g/mol. The summed E-state index contributed by atoms with van der Waals surface area (Å²) in [7, 11) is 0. The second kappa shape index (κ2) is 4.53. The van der Waals surface area contributed by atoms with Gasteiger partial charge in [0, 0.05) is 6.20 Å². The summed E-state index contributed by atoms with van der Waals surface area (Å²) in [6, 6.07) is 12.3. The molecule has 0 saturated carbocycles. The summed E-state index contributed by atoms with van der Waals surface area (Å²) in [5, 5.41) is 5.51. The lowest BCUT2D eigenvalue weighted by atomic mass is 10.1. The monoisotopic (exact) mass is 301 g/mol. The maximum atomic E-state index is 4.49. The van der Waals surface area contributed by atoms with Crippen molar-refractivity contribution in [2.75, 3.05) is 0 Å². The molecule has 0 aliphatic rings. The third-order valence-electron chi connectivity index (χ3n) is 2.99. The van der Waals surface area contributed by atoms with Crippen LogP contribution in [0.3, 0.4) is 0 Å². The number of aromatic nitrogens is 3. The van der Waals surface area contributed by atoms with Gasteiger partial charge in [0.05, 0.1) is 11.1 Å². The zero-order valence-electron chi connectivity index (χ0n) is 9.97. The van der Waals surface area contributed by atoms with Crippen molar-refractivity contribution in [2.45, 2.75) is 13.3 Å². The van der Waals surface area contributed by atoms with Crippen LogP contribution in [0.15, 0.2) is 47.2 Å². The van der Waals surface area contributed by atoms with E-state index < -0.39 is 0 Å². The number of rotatable bonds is 2. The van der Waals surface area contributed by atoms with E-state index in [1.165, 1.54) is 5.56 Å². The van der Waals surface area contributed by atoms with Crippen LogP contribution in [-0.4, -0.2) is 14.8 Å². The van der Waals surface area contributed by atoms with Gasteiger partial charge in [-0.15, -0.1) is 0 Å². The predicted molar refractivity (Wildman–Crippen MR) is 75.9 cm³/mol. The van der Waals surface area contributed by atoms with E-state index in [1.54, 1.807) is 6.20 Å². The minimum absolute atomic E-state index is 0.824. The maximum absolute atomic E-state index is 4.49. The maximum Gasteiger partial charge on any atom is 0.164 e. The molecule has 18 heavy (non-hydrogen) atoms. The Morgan fingerprint density at radius 2 is 1.94 bits per heavy atom. The van der Waals surface area contributed by atoms with E-state index in [2.05, 4.69) is 57.2 Å². The van der Waals surface area contributed by atoms with Gasteiger partial charge in [-0.3, -0.25) is 0 Å². The summed E-state index contributed by atoms with van der Waals surface area (Å²) in [5.41, 5.74) is 3.22. The van der Waals surface area contributed by atoms with E-state index in [4.69, 9.17) is 0 Å². The molecule has 0 aliphatic carbocycles. The Morgan fingerprint density at radius 3 is 2.67 bits per heavy atom. The summed E-state index contributed by atoms with van der Waals surface area (Å²) < 4.78 is 2.68. The normalized spacial score (nSPS) is 11.0. The number of halogens is 1. The summed E-state index contributed by atoms with van der Waals surface area (Å²) in [6.07, 6.45) is 2.83. The molecule has 0 amide bonds. The number of benzene rings is 1. The van der Waals surface area contributed by atoms with Crippen molar-refractivity contribution >= 4 is 27.0 Å². The first kappa shape index (κ1) is 11.4. The average molecular weight is 302 g/mol. The highest BCUT2D eigenvalue weighted by Crippen LogP contribution is 2.24. The minimum atomic E-state index is 0.824. The van der Waals surface area contributed by atoms with E-state index in [0.717, 1.165) is 27.7 Å². The van der Waals surface area contributed by atoms with Gasteiger partial charge in [-0.25, -0.2) is 9.67 Å². The summed E-state index contributed by atoms with van der Waals surface area (Å²) in [5.74, 6) is 0. The molecule has 0 bridgehead atoms. The molecule has 0 fully saturated rings. The molecule has 0 spiro atoms. The molecule has 0 radical (unpaired) electrons. The summed E-state index contributed by atoms with van der Waals surface area (Å²) >= 11 is 3.47. The first-order chi connectivity index (χ1) is 8.79. The zero-order chi connectivity index (χ0) is 12.5. The van der Waals surface area contributed by atoms with Gasteiger partial charge in [-0.1, -0.05) is 19.1 Å². The van der Waals surface area contributed by atoms with Crippen molar-refractivity contribution in [1.82, 2.24) is 14.8 Å². The smallest absolute Gasteiger partial charge is 0.164 e. The van der Waals surface area contributed by atoms with Gasteiger partial charge in [-0.05, 0) is 52.2 Å². The lowest BCUT2D eigenvalue weighted by Crippen LogP contribution is -1.97. The van der Waals surface area contributed by atoms with Gasteiger partial charge in [0.15, 0.2) is 5.65 Å². The van der Waals surface area contributed by atoms with E-state index in [9.17, 15) is 0 Å². The van der Waals surface area contributed by atoms with Crippen LogP contribution in [0.1, 0.15) is 12.5 Å². The van der Waals surface area contributed by atoms with E-state index >= 15 is 0 Å². The second-order valence-electron chi connectivity index (χ2n) is 4.10. The Morgan fingerprint density at radius 1 is 1.17 bits per heavy atom. The Balaban J connectivity index is 2.18. The Hall–Kier alpha value is -1.68. The Labute approximate surface area is 114 Å². The van der Waals surface area contributed by atoms with Crippen molar-refractivity contribution in [2.24, 2.45) is 0 Å². The van der Waals surface area contributed by atoms with Crippen molar-refractivity contribution in [3.8, 4) is 5.69 Å². The highest BCUT2D eigenvalue weighted by Gasteiger charge is 2.10. The first-order valence-corrected chi connectivity index (χ1v) is 6.67. The van der Waals surface area contributed by atoms with Crippen LogP contribution in [0.2, 0.25) is 0 Å². The molecule has 4 heteroatoms. The van der Waals surface area contributed by atoms with Crippen molar-refractivity contribution < 1.29 is 0 Å². The van der Waals surface area contributed by atoms with E-state index in [0.29, 0.717) is 0 Å². The molecule has 0 N–H and O–H groups in total. The number of aryl methyl sites for hydroxylation is 1. The molecule has 3 aromatic rings. The predicted octanol–water partition coefficient (Wildman–Crippen LogP) is 3.75. The van der Waals surface area contributed by atoms with Crippen LogP contribution in [-0.2, 0) is 6.42 Å². The van der Waals surface area contributed by atoms with Gasteiger partial charge < -0.3 is 0 Å². The van der Waals surface area contributed by atoms with Crippen molar-refractivity contribution in [1.29, 1.82) is 0 Å². The SMILES string of the molecule is CCc1ccc(-n2nc(Br)c3cccnc32)cc1. The molecular formula is C14H12BrN3. The standard InChI is InChI=1S/C14H12BrN3/c1-2-10-5-7-11(8-6-10)18-14-12(13(15)17-18)4-3-9-16-14/h3-9H,2H2,1H3. The van der Waals surface area contributed by atoms with Crippen LogP contribution in [0, 0.1) is 0 Å². The molecule has 0 unspecified atom stereocenters. The third kappa shape index (κ3) is 1.82. The lowest BCUT2D eigenvalue weighted by molar-refractivity contribution is 0.885. The largest absolute Gasteiger partial charge is 0.236 e. The highest BCUT2D eigenvalue weighted by molar-refractivity contribution is 9.10. The van der Waals surface area contributed by atoms with Crippen LogP contribution < -0.4 is 0 Å². The van der Waals surface area contributed by atoms with Crippen LogP contribution in [0.25, 0.3) is 16.7 Å². The highest BCUT2D eigenvalue weighted by atomic mass is 79.9. The molecule has 1 aromatic carbocycles.